The summed E-state index contributed by atoms with van der Waals surface area (Å²) in [5, 5.41) is 0. The molecule has 0 saturated heterocycles. The van der Waals surface area contributed by atoms with Crippen molar-refractivity contribution in [3.63, 3.8) is 0 Å². The van der Waals surface area contributed by atoms with Gasteiger partial charge in [0.25, 0.3) is 0 Å². The van der Waals surface area contributed by atoms with E-state index in [0.717, 1.165) is 28.3 Å². The molecule has 0 spiro atoms. The van der Waals surface area contributed by atoms with E-state index in [9.17, 15) is 0 Å². The van der Waals surface area contributed by atoms with Gasteiger partial charge in [-0.05, 0) is 31.4 Å². The summed E-state index contributed by atoms with van der Waals surface area (Å²) in [6.07, 6.45) is 7.13. The zero-order valence-electron chi connectivity index (χ0n) is 10.7. The summed E-state index contributed by atoms with van der Waals surface area (Å²) in [7, 11) is 0. The number of aromatic nitrogens is 2. The number of aromatic amines is 1. The Balaban J connectivity index is 1.89. The topological polar surface area (TPSA) is 54.7 Å². The highest BCUT2D eigenvalue weighted by Gasteiger charge is 2.19. The van der Waals surface area contributed by atoms with Crippen molar-refractivity contribution < 1.29 is 0 Å². The Morgan fingerprint density at radius 2 is 2.06 bits per heavy atom. The molecule has 0 bridgehead atoms. The summed E-state index contributed by atoms with van der Waals surface area (Å²) in [5.41, 5.74) is 10.1. The maximum atomic E-state index is 5.95. The second-order valence-electron chi connectivity index (χ2n) is 5.23. The lowest BCUT2D eigenvalue weighted by Crippen LogP contribution is -1.94. The monoisotopic (exact) mass is 241 g/mol. The van der Waals surface area contributed by atoms with Crippen LogP contribution in [0.15, 0.2) is 24.4 Å². The molecule has 3 rings (SSSR count). The Kier molecular flexibility index (Phi) is 2.82. The maximum Gasteiger partial charge on any atom is 0.109 e. The van der Waals surface area contributed by atoms with Gasteiger partial charge in [0, 0.05) is 17.2 Å². The van der Waals surface area contributed by atoms with Gasteiger partial charge >= 0.3 is 0 Å². The Bertz CT molecular complexity index is 551. The third-order valence-electron chi connectivity index (χ3n) is 3.93. The fraction of sp³-hybridized carbons (Fsp3) is 0.400. The molecule has 0 radical (unpaired) electrons. The summed E-state index contributed by atoms with van der Waals surface area (Å²) >= 11 is 0. The first-order valence-electron chi connectivity index (χ1n) is 6.65. The number of nitrogen functional groups attached to an aromatic ring is 1. The van der Waals surface area contributed by atoms with Crippen LogP contribution in [0.3, 0.4) is 0 Å². The summed E-state index contributed by atoms with van der Waals surface area (Å²) in [5.74, 6) is 1.77. The number of benzene rings is 1. The molecule has 1 saturated carbocycles. The normalized spacial score (nSPS) is 16.3. The highest BCUT2D eigenvalue weighted by Crippen LogP contribution is 2.33. The van der Waals surface area contributed by atoms with Crippen LogP contribution in [0.5, 0.6) is 0 Å². The third kappa shape index (κ3) is 2.01. The Labute approximate surface area is 107 Å². The summed E-state index contributed by atoms with van der Waals surface area (Å²) in [6, 6.07) is 6.17. The first-order chi connectivity index (χ1) is 8.74. The van der Waals surface area contributed by atoms with Crippen molar-refractivity contribution >= 4 is 5.69 Å². The van der Waals surface area contributed by atoms with Crippen molar-refractivity contribution in [2.75, 3.05) is 5.73 Å². The van der Waals surface area contributed by atoms with Crippen LogP contribution in [0.2, 0.25) is 0 Å². The number of H-pyrrole nitrogens is 1. The Morgan fingerprint density at radius 3 is 2.78 bits per heavy atom. The third-order valence-corrected chi connectivity index (χ3v) is 3.93. The van der Waals surface area contributed by atoms with E-state index in [1.807, 2.05) is 19.2 Å². The highest BCUT2D eigenvalue weighted by molar-refractivity contribution is 5.65. The smallest absolute Gasteiger partial charge is 0.109 e. The SMILES string of the molecule is Cc1ccc(-c2cnc(C3CCCC3)[nH]2)cc1N. The molecule has 3 heteroatoms. The van der Waals surface area contributed by atoms with Crippen LogP contribution in [0.4, 0.5) is 5.69 Å². The fourth-order valence-corrected chi connectivity index (χ4v) is 2.70. The lowest BCUT2D eigenvalue weighted by molar-refractivity contribution is 0.679. The first kappa shape index (κ1) is 11.3. The highest BCUT2D eigenvalue weighted by atomic mass is 14.9. The standard InChI is InChI=1S/C15H19N3/c1-10-6-7-12(8-13(10)16)14-9-17-15(18-14)11-4-2-3-5-11/h6-9,11H,2-5,16H2,1H3,(H,17,18). The van der Waals surface area contributed by atoms with Crippen molar-refractivity contribution in [2.45, 2.75) is 38.5 Å². The van der Waals surface area contributed by atoms with Gasteiger partial charge in [0.2, 0.25) is 0 Å². The Hall–Kier alpha value is -1.77. The van der Waals surface area contributed by atoms with Crippen molar-refractivity contribution in [3.05, 3.63) is 35.8 Å². The average molecular weight is 241 g/mol. The van der Waals surface area contributed by atoms with E-state index in [1.54, 1.807) is 0 Å². The number of nitrogens with one attached hydrogen (secondary N) is 1. The lowest BCUT2D eigenvalue weighted by atomic mass is 10.1. The van der Waals surface area contributed by atoms with Gasteiger partial charge in [-0.2, -0.15) is 0 Å². The molecule has 1 aromatic carbocycles. The minimum absolute atomic E-state index is 0.626. The quantitative estimate of drug-likeness (QED) is 0.789. The number of rotatable bonds is 2. The fourth-order valence-electron chi connectivity index (χ4n) is 2.70. The van der Waals surface area contributed by atoms with Crippen LogP contribution in [-0.4, -0.2) is 9.97 Å². The molecular weight excluding hydrogens is 222 g/mol. The lowest BCUT2D eigenvalue weighted by Gasteiger charge is -2.05. The van der Waals surface area contributed by atoms with E-state index >= 15 is 0 Å². The average Bonchev–Trinajstić information content (AvgIpc) is 3.01. The minimum Gasteiger partial charge on any atom is -0.398 e. The molecule has 1 fully saturated rings. The molecule has 18 heavy (non-hydrogen) atoms. The number of nitrogens with zero attached hydrogens (tertiary/aromatic N) is 1. The summed E-state index contributed by atoms with van der Waals surface area (Å²) < 4.78 is 0. The predicted molar refractivity (Wildman–Crippen MR) is 74.4 cm³/mol. The van der Waals surface area contributed by atoms with Crippen LogP contribution in [0, 0.1) is 6.92 Å². The summed E-state index contributed by atoms with van der Waals surface area (Å²) in [6.45, 7) is 2.02. The Morgan fingerprint density at radius 1 is 1.28 bits per heavy atom. The van der Waals surface area contributed by atoms with Crippen LogP contribution in [0.1, 0.15) is 43.0 Å². The zero-order valence-corrected chi connectivity index (χ0v) is 10.7. The van der Waals surface area contributed by atoms with Crippen molar-refractivity contribution in [3.8, 4) is 11.3 Å². The van der Waals surface area contributed by atoms with E-state index in [4.69, 9.17) is 5.73 Å². The molecule has 1 heterocycles. The number of hydrogen-bond donors (Lipinski definition) is 2. The van der Waals surface area contributed by atoms with Crippen LogP contribution >= 0.6 is 0 Å². The van der Waals surface area contributed by atoms with Crippen molar-refractivity contribution in [2.24, 2.45) is 0 Å². The van der Waals surface area contributed by atoms with Gasteiger partial charge in [0.1, 0.15) is 5.82 Å². The molecule has 0 amide bonds. The van der Waals surface area contributed by atoms with Crippen LogP contribution in [-0.2, 0) is 0 Å². The van der Waals surface area contributed by atoms with Gasteiger partial charge in [-0.25, -0.2) is 4.98 Å². The molecule has 0 unspecified atom stereocenters. The molecule has 1 aliphatic carbocycles. The van der Waals surface area contributed by atoms with E-state index in [0.29, 0.717) is 5.92 Å². The molecule has 3 N–H and O–H groups in total. The first-order valence-corrected chi connectivity index (χ1v) is 6.65. The zero-order chi connectivity index (χ0) is 12.5. The summed E-state index contributed by atoms with van der Waals surface area (Å²) in [4.78, 5) is 7.98. The predicted octanol–water partition coefficient (Wildman–Crippen LogP) is 3.62. The molecule has 94 valence electrons. The van der Waals surface area contributed by atoms with Crippen LogP contribution < -0.4 is 5.73 Å². The van der Waals surface area contributed by atoms with E-state index in [-0.39, 0.29) is 0 Å². The molecule has 0 atom stereocenters. The van der Waals surface area contributed by atoms with E-state index < -0.39 is 0 Å². The van der Waals surface area contributed by atoms with Gasteiger partial charge in [-0.1, -0.05) is 25.0 Å². The number of nitrogens with two attached hydrogens (primary N) is 1. The number of anilines is 1. The number of imidazole rings is 1. The number of hydrogen-bond acceptors (Lipinski definition) is 2. The van der Waals surface area contributed by atoms with E-state index in [2.05, 4.69) is 22.1 Å². The maximum absolute atomic E-state index is 5.95. The van der Waals surface area contributed by atoms with Crippen molar-refractivity contribution in [1.29, 1.82) is 0 Å². The minimum atomic E-state index is 0.626. The van der Waals surface area contributed by atoms with Gasteiger partial charge < -0.3 is 10.7 Å². The van der Waals surface area contributed by atoms with Gasteiger partial charge in [-0.15, -0.1) is 0 Å². The largest absolute Gasteiger partial charge is 0.398 e. The van der Waals surface area contributed by atoms with Gasteiger partial charge in [0.15, 0.2) is 0 Å². The molecule has 3 nitrogen and oxygen atoms in total. The van der Waals surface area contributed by atoms with Crippen molar-refractivity contribution in [1.82, 2.24) is 9.97 Å². The molecular formula is C15H19N3. The van der Waals surface area contributed by atoms with Crippen LogP contribution in [0.25, 0.3) is 11.3 Å². The molecule has 1 aliphatic rings. The number of aryl methyl sites for hydroxylation is 1. The second-order valence-corrected chi connectivity index (χ2v) is 5.23. The molecule has 2 aromatic rings. The second kappa shape index (κ2) is 4.48. The van der Waals surface area contributed by atoms with Gasteiger partial charge in [0.05, 0.1) is 11.9 Å². The van der Waals surface area contributed by atoms with E-state index in [1.165, 1.54) is 25.7 Å². The molecule has 1 aromatic heterocycles. The van der Waals surface area contributed by atoms with Gasteiger partial charge in [-0.3, -0.25) is 0 Å². The molecule has 0 aliphatic heterocycles.